The van der Waals surface area contributed by atoms with Crippen molar-refractivity contribution in [3.8, 4) is 5.75 Å². The number of halogens is 2. The van der Waals surface area contributed by atoms with Crippen molar-refractivity contribution in [1.82, 2.24) is 9.80 Å². The number of Topliss-reactive ketones (excluding diaryl/α,β-unsaturated/α-hetero) is 1. The van der Waals surface area contributed by atoms with Crippen LogP contribution in [-0.4, -0.2) is 61.8 Å². The molecule has 0 unspecified atom stereocenters. The van der Waals surface area contributed by atoms with Gasteiger partial charge >= 0.3 is 0 Å². The predicted molar refractivity (Wildman–Crippen MR) is 110 cm³/mol. The fourth-order valence-electron chi connectivity index (χ4n) is 3.53. The van der Waals surface area contributed by atoms with Crippen LogP contribution in [0.3, 0.4) is 0 Å². The molecule has 0 saturated carbocycles. The molecule has 0 aromatic heterocycles. The minimum Gasteiger partial charge on any atom is -0.491 e. The number of likely N-dealkylation sites (N-methyl/N-ethyl adjacent to an activating group) is 1. The first kappa shape index (κ1) is 21.9. The Balaban J connectivity index is 1.63. The van der Waals surface area contributed by atoms with E-state index in [9.17, 15) is 18.4 Å². The second-order valence-electron chi connectivity index (χ2n) is 7.70. The Kier molecular flexibility index (Phi) is 7.15. The van der Waals surface area contributed by atoms with Gasteiger partial charge in [0.25, 0.3) is 5.91 Å². The first-order valence-corrected chi connectivity index (χ1v) is 10.0. The van der Waals surface area contributed by atoms with Crippen LogP contribution in [0.4, 0.5) is 8.78 Å². The minimum atomic E-state index is -0.719. The number of carbonyl (C=O) groups is 2. The molecule has 1 amide bonds. The smallest absolute Gasteiger partial charge is 0.257 e. The van der Waals surface area contributed by atoms with Crippen LogP contribution < -0.4 is 4.74 Å². The second-order valence-corrected chi connectivity index (χ2v) is 7.70. The lowest BCUT2D eigenvalue weighted by atomic mass is 9.88. The van der Waals surface area contributed by atoms with Crippen LogP contribution in [0, 0.1) is 17.6 Å². The maximum atomic E-state index is 13.9. The monoisotopic (exact) mass is 416 g/mol. The number of para-hydroxylation sites is 1. The summed E-state index contributed by atoms with van der Waals surface area (Å²) in [4.78, 5) is 29.3. The lowest BCUT2D eigenvalue weighted by Gasteiger charge is -2.31. The van der Waals surface area contributed by atoms with Gasteiger partial charge in [-0.1, -0.05) is 12.1 Å². The number of ether oxygens (including phenoxy) is 1. The summed E-state index contributed by atoms with van der Waals surface area (Å²) in [5, 5.41) is 0. The number of carbonyl (C=O) groups excluding carboxylic acids is 2. The lowest BCUT2D eigenvalue weighted by molar-refractivity contribution is 0.0645. The molecule has 1 fully saturated rings. The fraction of sp³-hybridized carbons (Fsp3) is 0.391. The van der Waals surface area contributed by atoms with Crippen molar-refractivity contribution in [2.45, 2.75) is 12.8 Å². The zero-order valence-electron chi connectivity index (χ0n) is 17.2. The fourth-order valence-corrected chi connectivity index (χ4v) is 3.53. The molecule has 160 valence electrons. The van der Waals surface area contributed by atoms with Crippen LogP contribution in [0.5, 0.6) is 5.75 Å². The average molecular weight is 416 g/mol. The molecule has 0 aliphatic carbocycles. The highest BCUT2D eigenvalue weighted by molar-refractivity contribution is 5.99. The highest BCUT2D eigenvalue weighted by atomic mass is 19.1. The first-order chi connectivity index (χ1) is 14.4. The van der Waals surface area contributed by atoms with Crippen molar-refractivity contribution in [2.75, 3.05) is 40.3 Å². The van der Waals surface area contributed by atoms with E-state index in [0.29, 0.717) is 43.9 Å². The summed E-state index contributed by atoms with van der Waals surface area (Å²) < 4.78 is 33.1. The molecule has 30 heavy (non-hydrogen) atoms. The number of ketones is 1. The predicted octanol–water partition coefficient (Wildman–Crippen LogP) is 3.64. The number of likely N-dealkylation sites (tertiary alicyclic amines) is 1. The molecule has 1 aliphatic heterocycles. The SMILES string of the molecule is CN(C)CCOc1ccccc1C(=O)N1CCC(C(=O)c2cc(F)ccc2F)CC1. The van der Waals surface area contributed by atoms with Gasteiger partial charge in [-0.25, -0.2) is 8.78 Å². The van der Waals surface area contributed by atoms with Crippen molar-refractivity contribution in [1.29, 1.82) is 0 Å². The Bertz CT molecular complexity index is 909. The third kappa shape index (κ3) is 5.21. The van der Waals surface area contributed by atoms with Gasteiger partial charge in [-0.2, -0.15) is 0 Å². The number of hydrogen-bond donors (Lipinski definition) is 0. The van der Waals surface area contributed by atoms with Gasteiger partial charge in [-0.05, 0) is 57.3 Å². The van der Waals surface area contributed by atoms with Gasteiger partial charge in [0.2, 0.25) is 0 Å². The van der Waals surface area contributed by atoms with Gasteiger partial charge in [0.15, 0.2) is 5.78 Å². The quantitative estimate of drug-likeness (QED) is 0.647. The van der Waals surface area contributed by atoms with Crippen molar-refractivity contribution in [2.24, 2.45) is 5.92 Å². The molecule has 1 saturated heterocycles. The van der Waals surface area contributed by atoms with Crippen LogP contribution in [0.25, 0.3) is 0 Å². The van der Waals surface area contributed by atoms with Gasteiger partial charge in [0.05, 0.1) is 11.1 Å². The van der Waals surface area contributed by atoms with Gasteiger partial charge in [-0.15, -0.1) is 0 Å². The molecule has 2 aromatic rings. The second kappa shape index (κ2) is 9.80. The van der Waals surface area contributed by atoms with E-state index in [1.807, 2.05) is 25.1 Å². The average Bonchev–Trinajstić information content (AvgIpc) is 2.74. The normalized spacial score (nSPS) is 14.8. The third-order valence-electron chi connectivity index (χ3n) is 5.26. The number of hydrogen-bond acceptors (Lipinski definition) is 4. The Morgan fingerprint density at radius 3 is 2.47 bits per heavy atom. The van der Waals surface area contributed by atoms with Gasteiger partial charge in [0.1, 0.15) is 24.0 Å². The van der Waals surface area contributed by atoms with Crippen LogP contribution in [-0.2, 0) is 0 Å². The molecule has 0 bridgehead atoms. The summed E-state index contributed by atoms with van der Waals surface area (Å²) in [6, 6.07) is 10.0. The Morgan fingerprint density at radius 2 is 1.77 bits per heavy atom. The molecular weight excluding hydrogens is 390 g/mol. The van der Waals surface area contributed by atoms with Crippen molar-refractivity contribution < 1.29 is 23.1 Å². The number of nitrogens with zero attached hydrogens (tertiary/aromatic N) is 2. The number of amides is 1. The zero-order valence-corrected chi connectivity index (χ0v) is 17.2. The van der Waals surface area contributed by atoms with Gasteiger partial charge in [0, 0.05) is 25.6 Å². The van der Waals surface area contributed by atoms with Crippen LogP contribution in [0.1, 0.15) is 33.6 Å². The van der Waals surface area contributed by atoms with Crippen LogP contribution >= 0.6 is 0 Å². The first-order valence-electron chi connectivity index (χ1n) is 10.0. The van der Waals surface area contributed by atoms with E-state index in [-0.39, 0.29) is 11.5 Å². The Hall–Kier alpha value is -2.80. The molecule has 0 N–H and O–H groups in total. The molecule has 1 aliphatic rings. The van der Waals surface area contributed by atoms with E-state index < -0.39 is 23.3 Å². The molecule has 0 atom stereocenters. The summed E-state index contributed by atoms with van der Waals surface area (Å²) in [5.41, 5.74) is 0.261. The van der Waals surface area contributed by atoms with Gasteiger partial charge < -0.3 is 14.5 Å². The van der Waals surface area contributed by atoms with Crippen molar-refractivity contribution >= 4 is 11.7 Å². The Morgan fingerprint density at radius 1 is 1.07 bits per heavy atom. The molecule has 5 nitrogen and oxygen atoms in total. The van der Waals surface area contributed by atoms with E-state index >= 15 is 0 Å². The third-order valence-corrected chi connectivity index (χ3v) is 5.26. The highest BCUT2D eigenvalue weighted by Gasteiger charge is 2.30. The largest absolute Gasteiger partial charge is 0.491 e. The van der Waals surface area contributed by atoms with Crippen LogP contribution in [0.2, 0.25) is 0 Å². The standard InChI is InChI=1S/C23H26F2N2O3/c1-26(2)13-14-30-21-6-4-3-5-18(21)23(29)27-11-9-16(10-12-27)22(28)19-15-17(24)7-8-20(19)25/h3-8,15-16H,9-14H2,1-2H3. The molecule has 7 heteroatoms. The molecule has 2 aromatic carbocycles. The van der Waals surface area contributed by atoms with Crippen LogP contribution in [0.15, 0.2) is 42.5 Å². The number of benzene rings is 2. The molecule has 0 radical (unpaired) electrons. The van der Waals surface area contributed by atoms with E-state index in [4.69, 9.17) is 4.74 Å². The lowest BCUT2D eigenvalue weighted by Crippen LogP contribution is -2.40. The van der Waals surface area contributed by atoms with E-state index in [2.05, 4.69) is 0 Å². The topological polar surface area (TPSA) is 49.9 Å². The summed E-state index contributed by atoms with van der Waals surface area (Å²) in [6.07, 6.45) is 0.814. The van der Waals surface area contributed by atoms with Crippen molar-refractivity contribution in [3.05, 3.63) is 65.2 Å². The summed E-state index contributed by atoms with van der Waals surface area (Å²) >= 11 is 0. The highest BCUT2D eigenvalue weighted by Crippen LogP contribution is 2.26. The molecule has 0 spiro atoms. The number of piperidine rings is 1. The zero-order chi connectivity index (χ0) is 21.7. The molecule has 1 heterocycles. The van der Waals surface area contributed by atoms with Gasteiger partial charge in [-0.3, -0.25) is 9.59 Å². The maximum absolute atomic E-state index is 13.9. The van der Waals surface area contributed by atoms with E-state index in [1.165, 1.54) is 0 Å². The van der Waals surface area contributed by atoms with Crippen molar-refractivity contribution in [3.63, 3.8) is 0 Å². The van der Waals surface area contributed by atoms with E-state index in [1.54, 1.807) is 23.1 Å². The minimum absolute atomic E-state index is 0.154. The maximum Gasteiger partial charge on any atom is 0.257 e. The summed E-state index contributed by atoms with van der Waals surface area (Å²) in [7, 11) is 3.89. The molecular formula is C23H26F2N2O3. The van der Waals surface area contributed by atoms with E-state index in [0.717, 1.165) is 24.7 Å². The Labute approximate surface area is 175 Å². The molecule has 3 rings (SSSR count). The number of rotatable bonds is 7. The summed E-state index contributed by atoms with van der Waals surface area (Å²) in [5.74, 6) is -1.83. The summed E-state index contributed by atoms with van der Waals surface area (Å²) in [6.45, 7) is 1.94.